The summed E-state index contributed by atoms with van der Waals surface area (Å²) >= 11 is 0. The molecule has 8 aromatic carbocycles. The molecule has 3 heteroatoms. The van der Waals surface area contributed by atoms with Crippen molar-refractivity contribution in [1.82, 2.24) is 10.6 Å². The molecule has 0 aromatic heterocycles. The van der Waals surface area contributed by atoms with Gasteiger partial charge in [0.1, 0.15) is 18.2 Å². The summed E-state index contributed by atoms with van der Waals surface area (Å²) in [5, 5.41) is 10.1. The van der Waals surface area contributed by atoms with Crippen LogP contribution in [-0.2, 0) is 5.41 Å². The van der Waals surface area contributed by atoms with Gasteiger partial charge in [0.05, 0.1) is 5.41 Å². The van der Waals surface area contributed by atoms with E-state index in [2.05, 4.69) is 199 Å². The Balaban J connectivity index is 1.16. The van der Waals surface area contributed by atoms with Gasteiger partial charge in [0.25, 0.3) is 0 Å². The largest absolute Gasteiger partial charge is 0.350 e. The summed E-state index contributed by atoms with van der Waals surface area (Å²) in [6.45, 7) is 0. The van der Waals surface area contributed by atoms with Gasteiger partial charge in [-0.1, -0.05) is 182 Å². The second kappa shape index (κ2) is 11.7. The summed E-state index contributed by atoms with van der Waals surface area (Å²) in [7, 11) is 0. The summed E-state index contributed by atoms with van der Waals surface area (Å²) in [5.41, 5.74) is 16.0. The Bertz CT molecular complexity index is 2680. The lowest BCUT2D eigenvalue weighted by molar-refractivity contribution is 0.411. The zero-order valence-corrected chi connectivity index (χ0v) is 29.0. The van der Waals surface area contributed by atoms with Gasteiger partial charge in [-0.05, 0) is 78.0 Å². The highest BCUT2D eigenvalue weighted by Crippen LogP contribution is 2.63. The van der Waals surface area contributed by atoms with Crippen LogP contribution in [0.15, 0.2) is 193 Å². The number of benzene rings is 8. The Kier molecular flexibility index (Phi) is 6.67. The fraction of sp³-hybridized carbons (Fsp3) is 0.0600. The first-order valence-electron chi connectivity index (χ1n) is 18.5. The second-order valence-corrected chi connectivity index (χ2v) is 14.3. The van der Waals surface area contributed by atoms with Gasteiger partial charge in [0.15, 0.2) is 0 Å². The van der Waals surface area contributed by atoms with Crippen LogP contribution < -0.4 is 10.6 Å². The number of nitrogens with one attached hydrogen (secondary N) is 2. The molecule has 2 atom stereocenters. The lowest BCUT2D eigenvalue weighted by Crippen LogP contribution is -2.45. The zero-order chi connectivity index (χ0) is 34.9. The van der Waals surface area contributed by atoms with Gasteiger partial charge in [-0.25, -0.2) is 4.99 Å². The molecule has 1 spiro atoms. The van der Waals surface area contributed by atoms with Crippen LogP contribution in [0.2, 0.25) is 0 Å². The predicted octanol–water partition coefficient (Wildman–Crippen LogP) is 11.2. The monoisotopic (exact) mass is 677 g/mol. The number of fused-ring (bicyclic) bond motifs is 11. The van der Waals surface area contributed by atoms with Gasteiger partial charge in [-0.15, -0.1) is 0 Å². The van der Waals surface area contributed by atoms with E-state index in [1.54, 1.807) is 0 Å². The first-order valence-corrected chi connectivity index (χ1v) is 18.5. The average Bonchev–Trinajstić information content (AvgIpc) is 3.71. The van der Waals surface area contributed by atoms with E-state index in [4.69, 9.17) is 4.99 Å². The Morgan fingerprint density at radius 2 is 0.981 bits per heavy atom. The Morgan fingerprint density at radius 3 is 1.66 bits per heavy atom. The highest BCUT2D eigenvalue weighted by atomic mass is 15.3. The van der Waals surface area contributed by atoms with E-state index >= 15 is 0 Å². The topological polar surface area (TPSA) is 36.4 Å². The number of aliphatic imine (C=N–C) groups is 1. The van der Waals surface area contributed by atoms with E-state index in [0.717, 1.165) is 11.4 Å². The maximum atomic E-state index is 5.46. The van der Waals surface area contributed by atoms with Crippen molar-refractivity contribution in [1.29, 1.82) is 0 Å². The number of nitrogens with zero attached hydrogens (tertiary/aromatic N) is 1. The third-order valence-corrected chi connectivity index (χ3v) is 11.6. The van der Waals surface area contributed by atoms with Crippen molar-refractivity contribution in [2.24, 2.45) is 4.99 Å². The van der Waals surface area contributed by atoms with Gasteiger partial charge >= 0.3 is 0 Å². The molecular weight excluding hydrogens is 643 g/mol. The first kappa shape index (κ1) is 30.1. The Morgan fingerprint density at radius 1 is 0.434 bits per heavy atom. The van der Waals surface area contributed by atoms with Crippen LogP contribution in [0, 0.1) is 0 Å². The quantitative estimate of drug-likeness (QED) is 0.195. The van der Waals surface area contributed by atoms with E-state index in [9.17, 15) is 0 Å². The van der Waals surface area contributed by atoms with Crippen LogP contribution in [0.3, 0.4) is 0 Å². The Hall–Kier alpha value is -6.55. The molecule has 0 saturated heterocycles. The molecule has 2 unspecified atom stereocenters. The molecule has 3 nitrogen and oxygen atoms in total. The summed E-state index contributed by atoms with van der Waals surface area (Å²) in [6.07, 6.45) is -0.449. The number of hydrogen-bond donors (Lipinski definition) is 2. The van der Waals surface area contributed by atoms with Crippen LogP contribution in [0.4, 0.5) is 0 Å². The molecule has 0 radical (unpaired) electrons. The third-order valence-electron chi connectivity index (χ3n) is 11.6. The van der Waals surface area contributed by atoms with Crippen LogP contribution in [0.1, 0.15) is 51.3 Å². The smallest absolute Gasteiger partial charge is 0.131 e. The van der Waals surface area contributed by atoms with Crippen molar-refractivity contribution in [3.8, 4) is 33.4 Å². The van der Waals surface area contributed by atoms with E-state index in [1.807, 2.05) is 0 Å². The van der Waals surface area contributed by atoms with Crippen LogP contribution in [0.5, 0.6) is 0 Å². The summed E-state index contributed by atoms with van der Waals surface area (Å²) < 4.78 is 0. The molecule has 1 aliphatic heterocycles. The first-order chi connectivity index (χ1) is 26.3. The summed E-state index contributed by atoms with van der Waals surface area (Å²) in [6, 6.07) is 68.6. The summed E-state index contributed by atoms with van der Waals surface area (Å²) in [4.78, 5) is 5.46. The van der Waals surface area contributed by atoms with E-state index < -0.39 is 5.41 Å². The fourth-order valence-electron chi connectivity index (χ4n) is 9.37. The van der Waals surface area contributed by atoms with Gasteiger partial charge in [0.2, 0.25) is 0 Å². The molecule has 2 N–H and O–H groups in total. The van der Waals surface area contributed by atoms with Crippen LogP contribution in [-0.4, -0.2) is 5.84 Å². The SMILES string of the molecule is c1ccc(C2=NC(c3c(-c4ccc5c(c4)C4(c6ccccc6-c6ccccc64)c4ccccc4-5)ccc4ccccc34)NC(c3ccccc3)N2)cc1. The molecule has 250 valence electrons. The molecule has 2 aliphatic carbocycles. The van der Waals surface area contributed by atoms with Crippen molar-refractivity contribution in [2.75, 3.05) is 0 Å². The van der Waals surface area contributed by atoms with Crippen molar-refractivity contribution >= 4 is 16.6 Å². The van der Waals surface area contributed by atoms with Gasteiger partial charge in [-0.3, -0.25) is 5.32 Å². The number of amidine groups is 1. The minimum absolute atomic E-state index is 0.134. The van der Waals surface area contributed by atoms with Crippen molar-refractivity contribution < 1.29 is 0 Å². The molecule has 0 amide bonds. The zero-order valence-electron chi connectivity index (χ0n) is 29.0. The minimum atomic E-state index is -0.407. The standard InChI is InChI=1S/C50H35N3/c1-3-16-33(17-4-1)47-51-48(34-18-5-2-6-19-34)53-49(52-47)46-36-20-8-7-15-32(36)27-29-37(46)35-28-30-41-40-23-11-14-26-44(40)50(45(41)31-35)42-24-12-9-21-38(42)39-22-10-13-25-43(39)50/h1-31,47,49,52H,(H,51,53). The molecule has 11 rings (SSSR count). The normalized spacial score (nSPS) is 17.4. The van der Waals surface area contributed by atoms with Gasteiger partial charge < -0.3 is 5.32 Å². The van der Waals surface area contributed by atoms with E-state index in [1.165, 1.54) is 77.5 Å². The van der Waals surface area contributed by atoms with Gasteiger partial charge in [-0.2, -0.15) is 0 Å². The second-order valence-electron chi connectivity index (χ2n) is 14.3. The lowest BCUT2D eigenvalue weighted by Gasteiger charge is -2.34. The summed E-state index contributed by atoms with van der Waals surface area (Å²) in [5.74, 6) is 0.879. The lowest BCUT2D eigenvalue weighted by atomic mass is 9.70. The molecule has 3 aliphatic rings. The molecule has 0 bridgehead atoms. The molecule has 0 fully saturated rings. The average molecular weight is 678 g/mol. The van der Waals surface area contributed by atoms with E-state index in [0.29, 0.717) is 0 Å². The third kappa shape index (κ3) is 4.41. The number of rotatable bonds is 4. The minimum Gasteiger partial charge on any atom is -0.350 e. The maximum absolute atomic E-state index is 5.46. The number of hydrogen-bond acceptors (Lipinski definition) is 3. The van der Waals surface area contributed by atoms with Crippen LogP contribution in [0.25, 0.3) is 44.2 Å². The van der Waals surface area contributed by atoms with Crippen molar-refractivity contribution in [3.05, 3.63) is 227 Å². The molecule has 0 saturated carbocycles. The molecule has 53 heavy (non-hydrogen) atoms. The predicted molar refractivity (Wildman–Crippen MR) is 217 cm³/mol. The molecule has 8 aromatic rings. The maximum Gasteiger partial charge on any atom is 0.131 e. The van der Waals surface area contributed by atoms with Crippen molar-refractivity contribution in [3.63, 3.8) is 0 Å². The molecular formula is C50H35N3. The van der Waals surface area contributed by atoms with Crippen molar-refractivity contribution in [2.45, 2.75) is 17.7 Å². The van der Waals surface area contributed by atoms with Gasteiger partial charge in [0, 0.05) is 11.1 Å². The Labute approximate surface area is 309 Å². The van der Waals surface area contributed by atoms with Crippen LogP contribution >= 0.6 is 0 Å². The van der Waals surface area contributed by atoms with E-state index in [-0.39, 0.29) is 12.3 Å². The highest BCUT2D eigenvalue weighted by Gasteiger charge is 2.51. The highest BCUT2D eigenvalue weighted by molar-refractivity contribution is 6.01. The fourth-order valence-corrected chi connectivity index (χ4v) is 9.37. The molecule has 1 heterocycles.